The van der Waals surface area contributed by atoms with Gasteiger partial charge < -0.3 is 4.42 Å². The van der Waals surface area contributed by atoms with E-state index in [0.717, 1.165) is 78.0 Å². The van der Waals surface area contributed by atoms with Crippen molar-refractivity contribution in [1.82, 2.24) is 19.9 Å². The summed E-state index contributed by atoms with van der Waals surface area (Å²) in [4.78, 5) is 21.1. The summed E-state index contributed by atoms with van der Waals surface area (Å²) in [5, 5.41) is 5.21. The van der Waals surface area contributed by atoms with Gasteiger partial charge in [-0.05, 0) is 63.2 Å². The lowest BCUT2D eigenvalue weighted by atomic mass is 9.70. The van der Waals surface area contributed by atoms with Crippen molar-refractivity contribution in [3.8, 4) is 45.4 Å². The van der Waals surface area contributed by atoms with Gasteiger partial charge in [-0.1, -0.05) is 146 Å². The first-order valence-corrected chi connectivity index (χ1v) is 18.7. The molecule has 3 heterocycles. The molecule has 0 aliphatic heterocycles. The smallest absolute Gasteiger partial charge is 0.164 e. The van der Waals surface area contributed by atoms with Gasteiger partial charge in [0.05, 0.1) is 5.69 Å². The Morgan fingerprint density at radius 3 is 2.04 bits per heavy atom. The van der Waals surface area contributed by atoms with Gasteiger partial charge in [-0.2, -0.15) is 0 Å². The Kier molecular flexibility index (Phi) is 6.39. The van der Waals surface area contributed by atoms with Crippen LogP contribution in [0.15, 0.2) is 173 Å². The number of benzene rings is 6. The number of fused-ring (bicyclic) bond motifs is 6. The third-order valence-corrected chi connectivity index (χ3v) is 11.5. The fourth-order valence-corrected chi connectivity index (χ4v) is 8.93. The number of hydrogen-bond donors (Lipinski definition) is 0. The zero-order valence-corrected chi connectivity index (χ0v) is 29.6. The average Bonchev–Trinajstić information content (AvgIpc) is 3.64. The molecule has 0 amide bonds. The molecule has 0 fully saturated rings. The van der Waals surface area contributed by atoms with E-state index in [1.54, 1.807) is 0 Å². The Morgan fingerprint density at radius 1 is 0.509 bits per heavy atom. The molecule has 55 heavy (non-hydrogen) atoms. The van der Waals surface area contributed by atoms with E-state index in [4.69, 9.17) is 24.4 Å². The van der Waals surface area contributed by atoms with Crippen molar-refractivity contribution in [2.75, 3.05) is 0 Å². The zero-order valence-electron chi connectivity index (χ0n) is 29.6. The first-order valence-electron chi connectivity index (χ1n) is 18.7. The van der Waals surface area contributed by atoms with Crippen LogP contribution in [0.4, 0.5) is 0 Å². The minimum absolute atomic E-state index is 0.240. The molecule has 5 heteroatoms. The molecule has 3 aliphatic rings. The molecule has 0 N–H and O–H groups in total. The Balaban J connectivity index is 1.08. The lowest BCUT2D eigenvalue weighted by Crippen LogP contribution is -2.18. The van der Waals surface area contributed by atoms with E-state index in [2.05, 4.69) is 127 Å². The molecule has 0 bridgehead atoms. The molecule has 6 aromatic carbocycles. The number of nitrogens with zero attached hydrogens (tertiary/aromatic N) is 4. The number of para-hydroxylation sites is 1. The van der Waals surface area contributed by atoms with Crippen LogP contribution in [0.3, 0.4) is 0 Å². The first kappa shape index (κ1) is 30.2. The fourth-order valence-electron chi connectivity index (χ4n) is 8.93. The summed E-state index contributed by atoms with van der Waals surface area (Å²) in [7, 11) is 0. The molecule has 3 aliphatic carbocycles. The van der Waals surface area contributed by atoms with Crippen molar-refractivity contribution in [1.29, 1.82) is 0 Å². The molecular weight excluding hydrogens is 673 g/mol. The topological polar surface area (TPSA) is 64.7 Å². The first-order chi connectivity index (χ1) is 27.3. The van der Waals surface area contributed by atoms with Gasteiger partial charge in [-0.25, -0.2) is 19.9 Å². The summed E-state index contributed by atoms with van der Waals surface area (Å²) < 4.78 is 6.39. The summed E-state index contributed by atoms with van der Waals surface area (Å²) in [6, 6.07) is 44.1. The third kappa shape index (κ3) is 4.53. The van der Waals surface area contributed by atoms with E-state index < -0.39 is 0 Å². The molecule has 0 saturated carbocycles. The van der Waals surface area contributed by atoms with Crippen molar-refractivity contribution in [2.45, 2.75) is 12.3 Å². The molecule has 0 radical (unpaired) electrons. The SMILES string of the molecule is C1=CC2=CCc3ccc(-c4nc(-c5ccccc5)nc(-c5ccc(-c6nc7c8ccccc8oc7c7ccccc67)c6ccccc56)n4)c4c3C2C(=C1)C=C4. The van der Waals surface area contributed by atoms with Crippen LogP contribution in [0.1, 0.15) is 22.6 Å². The predicted octanol–water partition coefficient (Wildman–Crippen LogP) is 12.2. The normalized spacial score (nSPS) is 15.5. The van der Waals surface area contributed by atoms with Crippen LogP contribution in [0, 0.1) is 0 Å². The maximum absolute atomic E-state index is 6.39. The minimum Gasteiger partial charge on any atom is -0.454 e. The van der Waals surface area contributed by atoms with Gasteiger partial charge in [-0.15, -0.1) is 0 Å². The highest BCUT2D eigenvalue weighted by atomic mass is 16.3. The van der Waals surface area contributed by atoms with Crippen LogP contribution in [0.2, 0.25) is 0 Å². The van der Waals surface area contributed by atoms with Gasteiger partial charge in [-0.3, -0.25) is 0 Å². The Hall–Kier alpha value is -7.24. The highest BCUT2D eigenvalue weighted by Gasteiger charge is 2.32. The lowest BCUT2D eigenvalue weighted by molar-refractivity contribution is 0.672. The largest absolute Gasteiger partial charge is 0.454 e. The van der Waals surface area contributed by atoms with Crippen LogP contribution < -0.4 is 0 Å². The molecule has 256 valence electrons. The van der Waals surface area contributed by atoms with Crippen LogP contribution in [0.5, 0.6) is 0 Å². The van der Waals surface area contributed by atoms with Gasteiger partial charge in [0.2, 0.25) is 0 Å². The number of rotatable bonds is 4. The molecule has 9 aromatic rings. The number of aromatic nitrogens is 4. The van der Waals surface area contributed by atoms with Gasteiger partial charge in [0.1, 0.15) is 11.1 Å². The van der Waals surface area contributed by atoms with E-state index >= 15 is 0 Å². The zero-order chi connectivity index (χ0) is 36.0. The standard InChI is InChI=1S/C50H30N4O/c1-2-11-32(12-3-1)48-52-49(54-50(53-48)40-26-24-31-22-21-29-13-10-14-30-23-25-35(40)44(31)43(29)30)39-28-27-37(33-15-4-5-16-34(33)39)45-36-17-6-7-18-38(36)47-46(51-45)41-19-8-9-20-42(41)55-47/h1-21,23-28,43H,22H2. The van der Waals surface area contributed by atoms with Gasteiger partial charge >= 0.3 is 0 Å². The quantitative estimate of drug-likeness (QED) is 0.183. The number of allylic oxidation sites excluding steroid dienone is 7. The summed E-state index contributed by atoms with van der Waals surface area (Å²) in [6.07, 6.45) is 14.5. The van der Waals surface area contributed by atoms with Crippen LogP contribution in [-0.4, -0.2) is 19.9 Å². The molecule has 0 saturated heterocycles. The molecule has 1 atom stereocenters. The van der Waals surface area contributed by atoms with Gasteiger partial charge in [0.25, 0.3) is 0 Å². The summed E-state index contributed by atoms with van der Waals surface area (Å²) >= 11 is 0. The number of furan rings is 1. The van der Waals surface area contributed by atoms with Crippen molar-refractivity contribution in [3.63, 3.8) is 0 Å². The molecule has 1 unspecified atom stereocenters. The van der Waals surface area contributed by atoms with E-state index in [9.17, 15) is 0 Å². The molecule has 3 aromatic heterocycles. The Labute approximate surface area is 316 Å². The predicted molar refractivity (Wildman–Crippen MR) is 222 cm³/mol. The van der Waals surface area contributed by atoms with Crippen molar-refractivity contribution < 1.29 is 4.42 Å². The maximum Gasteiger partial charge on any atom is 0.164 e. The average molecular weight is 703 g/mol. The second-order valence-electron chi connectivity index (χ2n) is 14.5. The number of hydrogen-bond acceptors (Lipinski definition) is 5. The minimum atomic E-state index is 0.240. The van der Waals surface area contributed by atoms with Crippen LogP contribution >= 0.6 is 0 Å². The van der Waals surface area contributed by atoms with Crippen LogP contribution in [-0.2, 0) is 6.42 Å². The lowest BCUT2D eigenvalue weighted by Gasteiger charge is -2.33. The van der Waals surface area contributed by atoms with Crippen molar-refractivity contribution in [2.24, 2.45) is 0 Å². The van der Waals surface area contributed by atoms with Crippen LogP contribution in [0.25, 0.3) is 95.1 Å². The molecule has 0 spiro atoms. The second kappa shape index (κ2) is 11.6. The van der Waals surface area contributed by atoms with Crippen molar-refractivity contribution in [3.05, 3.63) is 186 Å². The van der Waals surface area contributed by atoms with Crippen molar-refractivity contribution >= 4 is 49.7 Å². The fraction of sp³-hybridized carbons (Fsp3) is 0.0400. The maximum atomic E-state index is 6.39. The molecule has 12 rings (SSSR count). The number of pyridine rings is 1. The van der Waals surface area contributed by atoms with E-state index in [-0.39, 0.29) is 5.92 Å². The summed E-state index contributed by atoms with van der Waals surface area (Å²) in [6.45, 7) is 0. The summed E-state index contributed by atoms with van der Waals surface area (Å²) in [5.41, 5.74) is 14.0. The van der Waals surface area contributed by atoms with E-state index in [1.165, 1.54) is 27.8 Å². The Bertz CT molecular complexity index is 3240. The summed E-state index contributed by atoms with van der Waals surface area (Å²) in [5.74, 6) is 2.18. The van der Waals surface area contributed by atoms with Gasteiger partial charge in [0, 0.05) is 44.3 Å². The highest BCUT2D eigenvalue weighted by Crippen LogP contribution is 2.48. The van der Waals surface area contributed by atoms with E-state index in [0.29, 0.717) is 17.5 Å². The highest BCUT2D eigenvalue weighted by molar-refractivity contribution is 6.18. The monoisotopic (exact) mass is 702 g/mol. The molecule has 5 nitrogen and oxygen atoms in total. The molecular formula is C50H30N4O. The van der Waals surface area contributed by atoms with E-state index in [1.807, 2.05) is 36.4 Å². The van der Waals surface area contributed by atoms with Gasteiger partial charge in [0.15, 0.2) is 23.1 Å². The second-order valence-corrected chi connectivity index (χ2v) is 14.5. The third-order valence-electron chi connectivity index (χ3n) is 11.5. The Morgan fingerprint density at radius 2 is 1.18 bits per heavy atom.